The SMILES string of the molecule is CC(C)(CNC(=O)c1ccc(NC(=O)NC2CC2)cc1)N1CCOCC1. The van der Waals surface area contributed by atoms with E-state index in [0.29, 0.717) is 23.8 Å². The van der Waals surface area contributed by atoms with E-state index in [1.807, 2.05) is 0 Å². The number of amides is 3. The largest absolute Gasteiger partial charge is 0.379 e. The Balaban J connectivity index is 1.48. The quantitative estimate of drug-likeness (QED) is 0.723. The fourth-order valence-corrected chi connectivity index (χ4v) is 2.96. The third-order valence-corrected chi connectivity index (χ3v) is 4.87. The number of carbonyl (C=O) groups is 2. The summed E-state index contributed by atoms with van der Waals surface area (Å²) in [5.74, 6) is -0.111. The van der Waals surface area contributed by atoms with E-state index in [0.717, 1.165) is 39.1 Å². The minimum atomic E-state index is -0.197. The molecule has 1 aliphatic heterocycles. The van der Waals surface area contributed by atoms with Crippen LogP contribution in [0.4, 0.5) is 10.5 Å². The lowest BCUT2D eigenvalue weighted by atomic mass is 10.0. The summed E-state index contributed by atoms with van der Waals surface area (Å²) in [5, 5.41) is 8.65. The van der Waals surface area contributed by atoms with Crippen molar-refractivity contribution < 1.29 is 14.3 Å². The molecule has 0 spiro atoms. The van der Waals surface area contributed by atoms with Crippen molar-refractivity contribution >= 4 is 17.6 Å². The first-order valence-corrected chi connectivity index (χ1v) is 9.23. The summed E-state index contributed by atoms with van der Waals surface area (Å²) in [5.41, 5.74) is 1.13. The molecular weight excluding hydrogens is 332 g/mol. The third-order valence-electron chi connectivity index (χ3n) is 4.87. The highest BCUT2D eigenvalue weighted by atomic mass is 16.5. The summed E-state index contributed by atoms with van der Waals surface area (Å²) in [6.07, 6.45) is 2.10. The average Bonchev–Trinajstić information content (AvgIpc) is 3.45. The predicted molar refractivity (Wildman–Crippen MR) is 100 cm³/mol. The van der Waals surface area contributed by atoms with Gasteiger partial charge in [-0.05, 0) is 51.0 Å². The van der Waals surface area contributed by atoms with E-state index in [-0.39, 0.29) is 17.5 Å². The molecule has 2 aliphatic rings. The fraction of sp³-hybridized carbons (Fsp3) is 0.579. The van der Waals surface area contributed by atoms with Gasteiger partial charge in [-0.15, -0.1) is 0 Å². The van der Waals surface area contributed by atoms with Crippen molar-refractivity contribution in [3.63, 3.8) is 0 Å². The monoisotopic (exact) mass is 360 g/mol. The molecular formula is C19H28N4O3. The molecule has 142 valence electrons. The number of anilines is 1. The molecule has 1 aliphatic carbocycles. The number of nitrogens with one attached hydrogen (secondary N) is 3. The summed E-state index contributed by atoms with van der Waals surface area (Å²) in [4.78, 5) is 26.5. The van der Waals surface area contributed by atoms with Crippen molar-refractivity contribution in [1.82, 2.24) is 15.5 Å². The van der Waals surface area contributed by atoms with Crippen molar-refractivity contribution in [3.8, 4) is 0 Å². The fourth-order valence-electron chi connectivity index (χ4n) is 2.96. The van der Waals surface area contributed by atoms with Gasteiger partial charge in [0.25, 0.3) is 5.91 Å². The number of ether oxygens (including phenoxy) is 1. The van der Waals surface area contributed by atoms with Gasteiger partial charge in [-0.1, -0.05) is 0 Å². The van der Waals surface area contributed by atoms with Crippen molar-refractivity contribution in [1.29, 1.82) is 0 Å². The number of hydrogen-bond acceptors (Lipinski definition) is 4. The molecule has 7 nitrogen and oxygen atoms in total. The Hall–Kier alpha value is -2.12. The number of hydrogen-bond donors (Lipinski definition) is 3. The molecule has 3 amide bonds. The molecule has 0 radical (unpaired) electrons. The molecule has 26 heavy (non-hydrogen) atoms. The Bertz CT molecular complexity index is 635. The van der Waals surface area contributed by atoms with Gasteiger partial charge < -0.3 is 20.7 Å². The Labute approximate surface area is 154 Å². The van der Waals surface area contributed by atoms with Crippen LogP contribution >= 0.6 is 0 Å². The van der Waals surface area contributed by atoms with E-state index in [4.69, 9.17) is 4.74 Å². The molecule has 0 bridgehead atoms. The number of benzene rings is 1. The topological polar surface area (TPSA) is 82.7 Å². The zero-order chi connectivity index (χ0) is 18.6. The van der Waals surface area contributed by atoms with Gasteiger partial charge in [-0.3, -0.25) is 9.69 Å². The van der Waals surface area contributed by atoms with E-state index in [1.54, 1.807) is 24.3 Å². The maximum Gasteiger partial charge on any atom is 0.319 e. The summed E-state index contributed by atoms with van der Waals surface area (Å²) in [6.45, 7) is 8.06. The number of urea groups is 1. The van der Waals surface area contributed by atoms with Crippen LogP contribution in [-0.4, -0.2) is 61.3 Å². The Morgan fingerprint density at radius 1 is 1.15 bits per heavy atom. The van der Waals surface area contributed by atoms with E-state index in [9.17, 15) is 9.59 Å². The van der Waals surface area contributed by atoms with Gasteiger partial charge in [0.1, 0.15) is 0 Å². The van der Waals surface area contributed by atoms with Crippen LogP contribution in [0.3, 0.4) is 0 Å². The first-order chi connectivity index (χ1) is 12.4. The molecule has 0 unspecified atom stereocenters. The Morgan fingerprint density at radius 2 is 1.81 bits per heavy atom. The second kappa shape index (κ2) is 8.05. The van der Waals surface area contributed by atoms with Crippen LogP contribution in [0.15, 0.2) is 24.3 Å². The maximum atomic E-state index is 12.4. The first-order valence-electron chi connectivity index (χ1n) is 9.23. The highest BCUT2D eigenvalue weighted by Crippen LogP contribution is 2.19. The predicted octanol–water partition coefficient (Wildman–Crippen LogP) is 1.81. The van der Waals surface area contributed by atoms with Crippen LogP contribution in [0.2, 0.25) is 0 Å². The van der Waals surface area contributed by atoms with Crippen molar-refractivity contribution in [2.24, 2.45) is 0 Å². The molecule has 0 aromatic heterocycles. The van der Waals surface area contributed by atoms with Gasteiger partial charge >= 0.3 is 6.03 Å². The normalized spacial score (nSPS) is 18.2. The summed E-state index contributed by atoms with van der Waals surface area (Å²) in [6, 6.07) is 7.06. The molecule has 1 aromatic carbocycles. The second-order valence-electron chi connectivity index (χ2n) is 7.54. The molecule has 1 heterocycles. The van der Waals surface area contributed by atoms with Crippen LogP contribution < -0.4 is 16.0 Å². The van der Waals surface area contributed by atoms with E-state index in [1.165, 1.54) is 0 Å². The van der Waals surface area contributed by atoms with Crippen molar-refractivity contribution in [3.05, 3.63) is 29.8 Å². The third kappa shape index (κ3) is 5.19. The maximum absolute atomic E-state index is 12.4. The molecule has 1 saturated carbocycles. The molecule has 0 atom stereocenters. The van der Waals surface area contributed by atoms with Gasteiger partial charge in [0.2, 0.25) is 0 Å². The average molecular weight is 360 g/mol. The molecule has 1 saturated heterocycles. The number of nitrogens with zero attached hydrogens (tertiary/aromatic N) is 1. The smallest absolute Gasteiger partial charge is 0.319 e. The summed E-state index contributed by atoms with van der Waals surface area (Å²) >= 11 is 0. The number of rotatable bonds is 6. The summed E-state index contributed by atoms with van der Waals surface area (Å²) in [7, 11) is 0. The number of carbonyl (C=O) groups excluding carboxylic acids is 2. The zero-order valence-corrected chi connectivity index (χ0v) is 15.5. The van der Waals surface area contributed by atoms with Crippen LogP contribution in [0.5, 0.6) is 0 Å². The standard InChI is InChI=1S/C19H28N4O3/c1-19(2,23-9-11-26-12-10-23)13-20-17(24)14-3-5-15(6-4-14)21-18(25)22-16-7-8-16/h3-6,16H,7-13H2,1-2H3,(H,20,24)(H2,21,22,25). The van der Waals surface area contributed by atoms with E-state index < -0.39 is 0 Å². The van der Waals surface area contributed by atoms with Gasteiger partial charge in [0.05, 0.1) is 13.2 Å². The van der Waals surface area contributed by atoms with Crippen LogP contribution in [0, 0.1) is 0 Å². The lowest BCUT2D eigenvalue weighted by molar-refractivity contribution is -0.00923. The van der Waals surface area contributed by atoms with Gasteiger partial charge in [0.15, 0.2) is 0 Å². The molecule has 3 N–H and O–H groups in total. The highest BCUT2D eigenvalue weighted by Gasteiger charge is 2.28. The lowest BCUT2D eigenvalue weighted by Gasteiger charge is -2.40. The van der Waals surface area contributed by atoms with Crippen LogP contribution in [0.25, 0.3) is 0 Å². The molecule has 2 fully saturated rings. The van der Waals surface area contributed by atoms with Gasteiger partial charge in [-0.2, -0.15) is 0 Å². The highest BCUT2D eigenvalue weighted by molar-refractivity contribution is 5.95. The van der Waals surface area contributed by atoms with Crippen molar-refractivity contribution in [2.45, 2.75) is 38.3 Å². The van der Waals surface area contributed by atoms with Gasteiger partial charge in [0, 0.05) is 42.5 Å². The lowest BCUT2D eigenvalue weighted by Crippen LogP contribution is -2.55. The Kier molecular flexibility index (Phi) is 5.78. The Morgan fingerprint density at radius 3 is 2.42 bits per heavy atom. The molecule has 7 heteroatoms. The van der Waals surface area contributed by atoms with Crippen LogP contribution in [-0.2, 0) is 4.74 Å². The minimum absolute atomic E-state index is 0.111. The minimum Gasteiger partial charge on any atom is -0.379 e. The number of morpholine rings is 1. The zero-order valence-electron chi connectivity index (χ0n) is 15.5. The van der Waals surface area contributed by atoms with Crippen molar-refractivity contribution in [2.75, 3.05) is 38.2 Å². The van der Waals surface area contributed by atoms with Gasteiger partial charge in [-0.25, -0.2) is 4.79 Å². The van der Waals surface area contributed by atoms with E-state index in [2.05, 4.69) is 34.7 Å². The first kappa shape index (κ1) is 18.7. The molecule has 1 aromatic rings. The molecule has 3 rings (SSSR count). The van der Waals surface area contributed by atoms with E-state index >= 15 is 0 Å². The van der Waals surface area contributed by atoms with Crippen LogP contribution in [0.1, 0.15) is 37.0 Å². The summed E-state index contributed by atoms with van der Waals surface area (Å²) < 4.78 is 5.39. The second-order valence-corrected chi connectivity index (χ2v) is 7.54.